The summed E-state index contributed by atoms with van der Waals surface area (Å²) >= 11 is 0. The van der Waals surface area contributed by atoms with Crippen molar-refractivity contribution >= 4 is 0 Å². The molecular weight excluding hydrogens is 154 g/mol. The van der Waals surface area contributed by atoms with Crippen LogP contribution >= 0.6 is 0 Å². The first-order valence-electron chi connectivity index (χ1n) is 3.81. The van der Waals surface area contributed by atoms with E-state index in [0.29, 0.717) is 0 Å². The third kappa shape index (κ3) is 1.81. The van der Waals surface area contributed by atoms with E-state index in [2.05, 4.69) is 0 Å². The van der Waals surface area contributed by atoms with Crippen LogP contribution in [0.5, 0.6) is 0 Å². The van der Waals surface area contributed by atoms with Gasteiger partial charge in [0.2, 0.25) is 6.04 Å². The standard InChI is InChI=1S/C9H11NO2/c1-7-3-5-9(6-4-7)8(2)10(11)12/h3-6,8H,1-2H3. The molecule has 1 aromatic carbocycles. The average molecular weight is 165 g/mol. The molecule has 0 saturated carbocycles. The highest BCUT2D eigenvalue weighted by atomic mass is 16.6. The van der Waals surface area contributed by atoms with E-state index < -0.39 is 6.04 Å². The molecule has 12 heavy (non-hydrogen) atoms. The number of rotatable bonds is 2. The first kappa shape index (κ1) is 8.71. The minimum atomic E-state index is -0.606. The maximum Gasteiger partial charge on any atom is 0.235 e. The van der Waals surface area contributed by atoms with Crippen LogP contribution < -0.4 is 0 Å². The van der Waals surface area contributed by atoms with Crippen LogP contribution in [0, 0.1) is 17.0 Å². The van der Waals surface area contributed by atoms with E-state index in [9.17, 15) is 10.1 Å². The van der Waals surface area contributed by atoms with Crippen molar-refractivity contribution in [2.24, 2.45) is 0 Å². The lowest BCUT2D eigenvalue weighted by Gasteiger charge is -2.03. The Labute approximate surface area is 71.2 Å². The fraction of sp³-hybridized carbons (Fsp3) is 0.333. The third-order valence-electron chi connectivity index (χ3n) is 1.88. The van der Waals surface area contributed by atoms with Gasteiger partial charge in [0, 0.05) is 17.4 Å². The van der Waals surface area contributed by atoms with Crippen molar-refractivity contribution in [3.8, 4) is 0 Å². The largest absolute Gasteiger partial charge is 0.264 e. The number of hydrogen-bond donors (Lipinski definition) is 0. The Kier molecular flexibility index (Phi) is 2.43. The van der Waals surface area contributed by atoms with Gasteiger partial charge in [0.1, 0.15) is 0 Å². The quantitative estimate of drug-likeness (QED) is 0.498. The third-order valence-corrected chi connectivity index (χ3v) is 1.88. The molecule has 0 N–H and O–H groups in total. The first-order valence-corrected chi connectivity index (χ1v) is 3.81. The zero-order chi connectivity index (χ0) is 9.14. The highest BCUT2D eigenvalue weighted by molar-refractivity contribution is 5.22. The Bertz CT molecular complexity index is 279. The smallest absolute Gasteiger partial charge is 0.235 e. The van der Waals surface area contributed by atoms with Crippen molar-refractivity contribution in [2.75, 3.05) is 0 Å². The molecule has 0 amide bonds. The minimum absolute atomic E-state index is 0.287. The van der Waals surface area contributed by atoms with Gasteiger partial charge in [-0.1, -0.05) is 29.8 Å². The molecular formula is C9H11NO2. The van der Waals surface area contributed by atoms with Crippen LogP contribution in [0.15, 0.2) is 24.3 Å². The van der Waals surface area contributed by atoms with E-state index in [1.54, 1.807) is 19.1 Å². The lowest BCUT2D eigenvalue weighted by Crippen LogP contribution is -2.05. The molecule has 0 aromatic heterocycles. The summed E-state index contributed by atoms with van der Waals surface area (Å²) in [5.74, 6) is 0. The predicted octanol–water partition coefficient (Wildman–Crippen LogP) is 2.33. The van der Waals surface area contributed by atoms with Gasteiger partial charge in [0.15, 0.2) is 0 Å². The van der Waals surface area contributed by atoms with Gasteiger partial charge in [-0.05, 0) is 6.92 Å². The summed E-state index contributed by atoms with van der Waals surface area (Å²) in [6, 6.07) is 6.75. The Morgan fingerprint density at radius 3 is 2.25 bits per heavy atom. The molecule has 1 aromatic rings. The summed E-state index contributed by atoms with van der Waals surface area (Å²) in [5.41, 5.74) is 1.87. The van der Waals surface area contributed by atoms with E-state index in [0.717, 1.165) is 11.1 Å². The maximum absolute atomic E-state index is 10.4. The van der Waals surface area contributed by atoms with Crippen LogP contribution in [-0.2, 0) is 0 Å². The fourth-order valence-electron chi connectivity index (χ4n) is 0.967. The normalized spacial score (nSPS) is 12.5. The van der Waals surface area contributed by atoms with E-state index in [4.69, 9.17) is 0 Å². The SMILES string of the molecule is Cc1ccc(C(C)[N+](=O)[O-])cc1. The van der Waals surface area contributed by atoms with E-state index in [-0.39, 0.29) is 4.92 Å². The molecule has 0 aliphatic rings. The number of benzene rings is 1. The second-order valence-corrected chi connectivity index (χ2v) is 2.87. The molecule has 0 heterocycles. The van der Waals surface area contributed by atoms with Gasteiger partial charge in [0.05, 0.1) is 0 Å². The average Bonchev–Trinajstić information content (AvgIpc) is 2.04. The van der Waals surface area contributed by atoms with Crippen molar-refractivity contribution in [3.63, 3.8) is 0 Å². The topological polar surface area (TPSA) is 43.1 Å². The Balaban J connectivity index is 2.89. The maximum atomic E-state index is 10.4. The summed E-state index contributed by atoms with van der Waals surface area (Å²) < 4.78 is 0. The van der Waals surface area contributed by atoms with Crippen molar-refractivity contribution in [1.82, 2.24) is 0 Å². The zero-order valence-corrected chi connectivity index (χ0v) is 7.15. The fourth-order valence-corrected chi connectivity index (χ4v) is 0.967. The van der Waals surface area contributed by atoms with Gasteiger partial charge in [-0.25, -0.2) is 0 Å². The second-order valence-electron chi connectivity index (χ2n) is 2.87. The van der Waals surface area contributed by atoms with Gasteiger partial charge in [-0.15, -0.1) is 0 Å². The monoisotopic (exact) mass is 165 g/mol. The molecule has 0 spiro atoms. The Morgan fingerprint density at radius 2 is 1.83 bits per heavy atom. The molecule has 1 rings (SSSR count). The lowest BCUT2D eigenvalue weighted by molar-refractivity contribution is -0.524. The highest BCUT2D eigenvalue weighted by Crippen LogP contribution is 2.15. The molecule has 0 fully saturated rings. The molecule has 0 aliphatic heterocycles. The molecule has 0 aliphatic carbocycles. The Hall–Kier alpha value is -1.38. The van der Waals surface area contributed by atoms with Crippen LogP contribution in [0.4, 0.5) is 0 Å². The summed E-state index contributed by atoms with van der Waals surface area (Å²) in [7, 11) is 0. The van der Waals surface area contributed by atoms with Crippen molar-refractivity contribution in [3.05, 3.63) is 45.5 Å². The molecule has 64 valence electrons. The molecule has 0 radical (unpaired) electrons. The first-order chi connectivity index (χ1) is 5.61. The summed E-state index contributed by atoms with van der Waals surface area (Å²) in [6.07, 6.45) is 0. The Morgan fingerprint density at radius 1 is 1.33 bits per heavy atom. The molecule has 0 bridgehead atoms. The molecule has 3 nitrogen and oxygen atoms in total. The van der Waals surface area contributed by atoms with Gasteiger partial charge in [0.25, 0.3) is 0 Å². The number of nitrogens with zero attached hydrogens (tertiary/aromatic N) is 1. The second kappa shape index (κ2) is 3.34. The van der Waals surface area contributed by atoms with E-state index in [1.807, 2.05) is 19.1 Å². The number of nitro groups is 1. The molecule has 0 saturated heterocycles. The van der Waals surface area contributed by atoms with Crippen LogP contribution in [0.25, 0.3) is 0 Å². The van der Waals surface area contributed by atoms with Crippen LogP contribution in [0.3, 0.4) is 0 Å². The zero-order valence-electron chi connectivity index (χ0n) is 7.15. The summed E-state index contributed by atoms with van der Waals surface area (Å²) in [5, 5.41) is 10.4. The van der Waals surface area contributed by atoms with Crippen LogP contribution in [-0.4, -0.2) is 4.92 Å². The highest BCUT2D eigenvalue weighted by Gasteiger charge is 2.14. The minimum Gasteiger partial charge on any atom is -0.264 e. The van der Waals surface area contributed by atoms with Crippen molar-refractivity contribution in [1.29, 1.82) is 0 Å². The van der Waals surface area contributed by atoms with E-state index in [1.165, 1.54) is 0 Å². The number of hydrogen-bond acceptors (Lipinski definition) is 2. The summed E-state index contributed by atoms with van der Waals surface area (Å²) in [4.78, 5) is 10.1. The predicted molar refractivity (Wildman–Crippen MR) is 46.6 cm³/mol. The van der Waals surface area contributed by atoms with Crippen LogP contribution in [0.1, 0.15) is 24.1 Å². The van der Waals surface area contributed by atoms with E-state index >= 15 is 0 Å². The van der Waals surface area contributed by atoms with Gasteiger partial charge < -0.3 is 0 Å². The molecule has 1 unspecified atom stereocenters. The van der Waals surface area contributed by atoms with Gasteiger partial charge >= 0.3 is 0 Å². The van der Waals surface area contributed by atoms with Crippen molar-refractivity contribution in [2.45, 2.75) is 19.9 Å². The lowest BCUT2D eigenvalue weighted by atomic mass is 10.1. The van der Waals surface area contributed by atoms with Gasteiger partial charge in [-0.3, -0.25) is 10.1 Å². The molecule has 1 atom stereocenters. The van der Waals surface area contributed by atoms with Crippen molar-refractivity contribution < 1.29 is 4.92 Å². The van der Waals surface area contributed by atoms with Gasteiger partial charge in [-0.2, -0.15) is 0 Å². The molecule has 3 heteroatoms. The number of aryl methyl sites for hydroxylation is 1. The van der Waals surface area contributed by atoms with Crippen LogP contribution in [0.2, 0.25) is 0 Å². The summed E-state index contributed by atoms with van der Waals surface area (Å²) in [6.45, 7) is 3.55.